The lowest BCUT2D eigenvalue weighted by atomic mass is 10.2. The van der Waals surface area contributed by atoms with Gasteiger partial charge < -0.3 is 19.9 Å². The van der Waals surface area contributed by atoms with Gasteiger partial charge in [0.2, 0.25) is 0 Å². The number of nitrogens with one attached hydrogen (secondary N) is 1. The van der Waals surface area contributed by atoms with Crippen molar-refractivity contribution in [1.82, 2.24) is 5.32 Å². The van der Waals surface area contributed by atoms with Gasteiger partial charge in [0, 0.05) is 13.2 Å². The summed E-state index contributed by atoms with van der Waals surface area (Å²) in [6, 6.07) is 17.4. The highest BCUT2D eigenvalue weighted by Crippen LogP contribution is 2.16. The summed E-state index contributed by atoms with van der Waals surface area (Å²) < 4.78 is 10.8. The first kappa shape index (κ1) is 16.8. The average molecular weight is 315 g/mol. The zero-order valence-electron chi connectivity index (χ0n) is 12.9. The van der Waals surface area contributed by atoms with Gasteiger partial charge in [-0.15, -0.1) is 0 Å². The third kappa shape index (κ3) is 6.40. The summed E-state index contributed by atoms with van der Waals surface area (Å²) in [5.41, 5.74) is 1.95. The van der Waals surface area contributed by atoms with E-state index in [1.165, 1.54) is 0 Å². The molecule has 2 aromatic rings. The Morgan fingerprint density at radius 2 is 1.78 bits per heavy atom. The lowest BCUT2D eigenvalue weighted by Gasteiger charge is -2.09. The van der Waals surface area contributed by atoms with Crippen molar-refractivity contribution >= 4 is 6.09 Å². The number of hydrogen-bond acceptors (Lipinski definition) is 4. The third-order valence-corrected chi connectivity index (χ3v) is 3.12. The predicted octanol–water partition coefficient (Wildman–Crippen LogP) is 2.87. The van der Waals surface area contributed by atoms with Crippen LogP contribution in [-0.2, 0) is 18.0 Å². The van der Waals surface area contributed by atoms with Crippen LogP contribution in [-0.4, -0.2) is 24.4 Å². The summed E-state index contributed by atoms with van der Waals surface area (Å²) in [4.78, 5) is 11.4. The van der Waals surface area contributed by atoms with E-state index in [9.17, 15) is 4.79 Å². The molecule has 0 spiro atoms. The Balaban J connectivity index is 1.79. The van der Waals surface area contributed by atoms with Crippen LogP contribution in [0.1, 0.15) is 17.5 Å². The van der Waals surface area contributed by atoms with Gasteiger partial charge >= 0.3 is 6.09 Å². The van der Waals surface area contributed by atoms with Crippen molar-refractivity contribution in [3.8, 4) is 5.75 Å². The molecule has 0 saturated carbocycles. The Bertz CT molecular complexity index is 601. The van der Waals surface area contributed by atoms with E-state index in [1.54, 1.807) is 0 Å². The molecule has 0 atom stereocenters. The molecule has 0 bridgehead atoms. The maximum absolute atomic E-state index is 11.4. The van der Waals surface area contributed by atoms with Crippen LogP contribution in [0.2, 0.25) is 0 Å². The molecular formula is C18H21NO4. The molecule has 2 N–H and O–H groups in total. The van der Waals surface area contributed by atoms with Gasteiger partial charge in [-0.05, 0) is 29.7 Å². The van der Waals surface area contributed by atoms with Crippen LogP contribution in [0.5, 0.6) is 5.75 Å². The number of rotatable bonds is 8. The summed E-state index contributed by atoms with van der Waals surface area (Å²) in [6.07, 6.45) is 0.0202. The smallest absolute Gasteiger partial charge is 0.407 e. The summed E-state index contributed by atoms with van der Waals surface area (Å²) in [6.45, 7) is 1.11. The quantitative estimate of drug-likeness (QED) is 0.735. The molecule has 0 fully saturated rings. The largest absolute Gasteiger partial charge is 0.489 e. The van der Waals surface area contributed by atoms with Crippen LogP contribution in [0.25, 0.3) is 0 Å². The summed E-state index contributed by atoms with van der Waals surface area (Å²) in [5.74, 6) is 0.732. The molecule has 0 aliphatic carbocycles. The van der Waals surface area contributed by atoms with E-state index >= 15 is 0 Å². The number of aliphatic hydroxyl groups is 1. The van der Waals surface area contributed by atoms with Gasteiger partial charge in [-0.2, -0.15) is 0 Å². The monoisotopic (exact) mass is 315 g/mol. The lowest BCUT2D eigenvalue weighted by molar-refractivity contribution is 0.138. The zero-order valence-corrected chi connectivity index (χ0v) is 12.9. The Morgan fingerprint density at radius 3 is 2.57 bits per heavy atom. The minimum absolute atomic E-state index is 0.0427. The molecule has 0 unspecified atom stereocenters. The van der Waals surface area contributed by atoms with Gasteiger partial charge in [0.1, 0.15) is 19.0 Å². The minimum Gasteiger partial charge on any atom is -0.489 e. The molecule has 0 aromatic heterocycles. The van der Waals surface area contributed by atoms with Gasteiger partial charge in [-0.3, -0.25) is 0 Å². The van der Waals surface area contributed by atoms with Gasteiger partial charge in [-0.1, -0.05) is 42.5 Å². The first-order valence-electron chi connectivity index (χ1n) is 7.55. The maximum atomic E-state index is 11.4. The fraction of sp³-hybridized carbons (Fsp3) is 0.278. The van der Waals surface area contributed by atoms with Crippen molar-refractivity contribution in [3.05, 3.63) is 65.7 Å². The first-order chi connectivity index (χ1) is 11.3. The molecule has 2 aromatic carbocycles. The topological polar surface area (TPSA) is 67.8 Å². The van der Waals surface area contributed by atoms with E-state index in [0.717, 1.165) is 16.9 Å². The number of hydrogen-bond donors (Lipinski definition) is 2. The molecule has 23 heavy (non-hydrogen) atoms. The van der Waals surface area contributed by atoms with Crippen molar-refractivity contribution in [1.29, 1.82) is 0 Å². The van der Waals surface area contributed by atoms with Crippen molar-refractivity contribution in [3.63, 3.8) is 0 Å². The number of carbonyl (C=O) groups excluding carboxylic acids is 1. The molecule has 2 rings (SSSR count). The standard InChI is InChI=1S/C18H21NO4/c20-11-5-10-19-18(21)23-14-16-8-4-9-17(12-16)22-13-15-6-2-1-3-7-15/h1-4,6-9,12,20H,5,10-11,13-14H2,(H,19,21). The van der Waals surface area contributed by atoms with Crippen molar-refractivity contribution in [2.24, 2.45) is 0 Å². The highest BCUT2D eigenvalue weighted by Gasteiger charge is 2.03. The van der Waals surface area contributed by atoms with Gasteiger partial charge in [0.25, 0.3) is 0 Å². The summed E-state index contributed by atoms with van der Waals surface area (Å²) in [7, 11) is 0. The molecule has 5 nitrogen and oxygen atoms in total. The van der Waals surface area contributed by atoms with Gasteiger partial charge in [-0.25, -0.2) is 4.79 Å². The molecule has 0 aliphatic heterocycles. The lowest BCUT2D eigenvalue weighted by Crippen LogP contribution is -2.25. The number of carbonyl (C=O) groups is 1. The molecule has 0 radical (unpaired) electrons. The Labute approximate surface area is 135 Å². The molecule has 5 heteroatoms. The Kier molecular flexibility index (Phi) is 6.94. The fourth-order valence-corrected chi connectivity index (χ4v) is 1.94. The van der Waals surface area contributed by atoms with E-state index in [4.69, 9.17) is 14.6 Å². The van der Waals surface area contributed by atoms with Crippen LogP contribution in [0.4, 0.5) is 4.79 Å². The van der Waals surface area contributed by atoms with Crippen molar-refractivity contribution in [2.45, 2.75) is 19.6 Å². The van der Waals surface area contributed by atoms with Crippen LogP contribution in [0, 0.1) is 0 Å². The van der Waals surface area contributed by atoms with Crippen LogP contribution in [0.3, 0.4) is 0 Å². The van der Waals surface area contributed by atoms with E-state index in [-0.39, 0.29) is 13.2 Å². The van der Waals surface area contributed by atoms with E-state index in [1.807, 2.05) is 54.6 Å². The normalized spacial score (nSPS) is 10.1. The van der Waals surface area contributed by atoms with Gasteiger partial charge in [0.05, 0.1) is 0 Å². The number of amides is 1. The van der Waals surface area contributed by atoms with Crippen LogP contribution < -0.4 is 10.1 Å². The van der Waals surface area contributed by atoms with Crippen LogP contribution >= 0.6 is 0 Å². The molecule has 0 heterocycles. The molecular weight excluding hydrogens is 294 g/mol. The molecule has 122 valence electrons. The number of aliphatic hydroxyl groups excluding tert-OH is 1. The molecule has 0 saturated heterocycles. The van der Waals surface area contributed by atoms with Crippen molar-refractivity contribution in [2.75, 3.05) is 13.2 Å². The Morgan fingerprint density at radius 1 is 1.00 bits per heavy atom. The van der Waals surface area contributed by atoms with E-state index in [2.05, 4.69) is 5.32 Å². The second kappa shape index (κ2) is 9.48. The van der Waals surface area contributed by atoms with Crippen LogP contribution in [0.15, 0.2) is 54.6 Å². The fourth-order valence-electron chi connectivity index (χ4n) is 1.94. The number of ether oxygens (including phenoxy) is 2. The molecule has 1 amide bonds. The highest BCUT2D eigenvalue weighted by atomic mass is 16.5. The van der Waals surface area contributed by atoms with E-state index in [0.29, 0.717) is 19.6 Å². The Hall–Kier alpha value is -2.53. The zero-order chi connectivity index (χ0) is 16.3. The SMILES string of the molecule is O=C(NCCCO)OCc1cccc(OCc2ccccc2)c1. The van der Waals surface area contributed by atoms with E-state index < -0.39 is 6.09 Å². The second-order valence-electron chi connectivity index (χ2n) is 5.00. The minimum atomic E-state index is -0.492. The number of benzene rings is 2. The highest BCUT2D eigenvalue weighted by molar-refractivity contribution is 5.67. The summed E-state index contributed by atoms with van der Waals surface area (Å²) in [5, 5.41) is 11.2. The number of alkyl carbamates (subject to hydrolysis) is 1. The predicted molar refractivity (Wildman–Crippen MR) is 87.1 cm³/mol. The maximum Gasteiger partial charge on any atom is 0.407 e. The average Bonchev–Trinajstić information content (AvgIpc) is 2.60. The van der Waals surface area contributed by atoms with Gasteiger partial charge in [0.15, 0.2) is 0 Å². The second-order valence-corrected chi connectivity index (χ2v) is 5.00. The third-order valence-electron chi connectivity index (χ3n) is 3.12. The molecule has 0 aliphatic rings. The van der Waals surface area contributed by atoms with Crippen molar-refractivity contribution < 1.29 is 19.4 Å². The first-order valence-corrected chi connectivity index (χ1v) is 7.55. The summed E-state index contributed by atoms with van der Waals surface area (Å²) >= 11 is 0.